The van der Waals surface area contributed by atoms with Crippen molar-refractivity contribution in [3.05, 3.63) is 29.8 Å². The molecule has 0 unspecified atom stereocenters. The van der Waals surface area contributed by atoms with E-state index in [0.717, 1.165) is 12.1 Å². The molecule has 2 rings (SSSR count). The number of piperidine rings is 1. The number of rotatable bonds is 4. The quantitative estimate of drug-likeness (QED) is 0.886. The maximum Gasteiger partial charge on any atom is 0.235 e. The molecule has 0 aromatic heterocycles. The Labute approximate surface area is 128 Å². The second kappa shape index (κ2) is 6.95. The predicted octanol–water partition coefficient (Wildman–Crippen LogP) is 0.796. The van der Waals surface area contributed by atoms with Crippen LogP contribution in [-0.2, 0) is 20.4 Å². The molecule has 22 heavy (non-hydrogen) atoms. The van der Waals surface area contributed by atoms with Gasteiger partial charge in [0.1, 0.15) is 5.75 Å². The Morgan fingerprint density at radius 2 is 2.05 bits per heavy atom. The lowest BCUT2D eigenvalue weighted by Crippen LogP contribution is -2.45. The van der Waals surface area contributed by atoms with E-state index in [9.17, 15) is 22.6 Å². The lowest BCUT2D eigenvalue weighted by Gasteiger charge is -2.31. The minimum atomic E-state index is -1.77. The summed E-state index contributed by atoms with van der Waals surface area (Å²) in [6.07, 6.45) is 1.28. The average Bonchev–Trinajstić information content (AvgIpc) is 2.50. The van der Waals surface area contributed by atoms with E-state index in [2.05, 4.69) is 0 Å². The van der Waals surface area contributed by atoms with Crippen LogP contribution < -0.4 is 5.73 Å². The Bertz CT molecular complexity index is 624. The molecule has 0 bridgehead atoms. The van der Waals surface area contributed by atoms with Gasteiger partial charge in [0.15, 0.2) is 11.6 Å². The molecular weight excluding hydrogens is 314 g/mol. The smallest absolute Gasteiger partial charge is 0.235 e. The molecule has 0 saturated carbocycles. The Kier molecular flexibility index (Phi) is 5.23. The molecule has 0 spiro atoms. The predicted molar refractivity (Wildman–Crippen MR) is 76.1 cm³/mol. The number of nitrogens with two attached hydrogens (primary N) is 1. The molecule has 1 aromatic carbocycles. The van der Waals surface area contributed by atoms with E-state index in [1.807, 2.05) is 0 Å². The van der Waals surface area contributed by atoms with E-state index in [1.54, 1.807) is 0 Å². The van der Waals surface area contributed by atoms with Crippen molar-refractivity contribution in [2.24, 2.45) is 11.7 Å². The second-order valence-electron chi connectivity index (χ2n) is 5.15. The topological polar surface area (TPSA) is 80.5 Å². The molecule has 1 heterocycles. The number of hydrogen-bond acceptors (Lipinski definition) is 3. The molecule has 2 atom stereocenters. The van der Waals surface area contributed by atoms with Crippen LogP contribution in [0.15, 0.2) is 23.1 Å². The van der Waals surface area contributed by atoms with Crippen molar-refractivity contribution in [2.45, 2.75) is 17.7 Å². The molecule has 2 amide bonds. The first-order valence-electron chi connectivity index (χ1n) is 6.79. The largest absolute Gasteiger partial charge is 0.369 e. The summed E-state index contributed by atoms with van der Waals surface area (Å²) in [5.41, 5.74) is 5.24. The van der Waals surface area contributed by atoms with Gasteiger partial charge >= 0.3 is 0 Å². The van der Waals surface area contributed by atoms with Crippen LogP contribution in [0.4, 0.5) is 8.78 Å². The standard InChI is InChI=1S/C14H16F2N2O3S/c15-11-4-3-10(6-12(11)16)22(21)8-13(19)18-5-1-2-9(7-18)14(17)20/h3-4,6,9H,1-2,5,7-8H2,(H2,17,20)/t9-,22-/m0/s1. The fourth-order valence-electron chi connectivity index (χ4n) is 2.34. The van der Waals surface area contributed by atoms with E-state index >= 15 is 0 Å². The highest BCUT2D eigenvalue weighted by molar-refractivity contribution is 7.85. The first-order valence-corrected chi connectivity index (χ1v) is 8.11. The van der Waals surface area contributed by atoms with Gasteiger partial charge in [0.25, 0.3) is 0 Å². The molecule has 2 N–H and O–H groups in total. The van der Waals surface area contributed by atoms with Crippen LogP contribution in [0.25, 0.3) is 0 Å². The van der Waals surface area contributed by atoms with Gasteiger partial charge in [0.2, 0.25) is 11.8 Å². The summed E-state index contributed by atoms with van der Waals surface area (Å²) in [6, 6.07) is 2.88. The number of primary amides is 1. The van der Waals surface area contributed by atoms with E-state index in [-0.39, 0.29) is 17.2 Å². The van der Waals surface area contributed by atoms with Gasteiger partial charge in [0.05, 0.1) is 16.7 Å². The molecule has 120 valence electrons. The SMILES string of the molecule is NC(=O)[C@H]1CCCN(C(=O)C[S@](=O)c2ccc(F)c(F)c2)C1. The third-order valence-corrected chi connectivity index (χ3v) is 4.87. The zero-order valence-corrected chi connectivity index (χ0v) is 12.6. The van der Waals surface area contributed by atoms with Gasteiger partial charge in [-0.25, -0.2) is 8.78 Å². The van der Waals surface area contributed by atoms with E-state index in [1.165, 1.54) is 11.0 Å². The summed E-state index contributed by atoms with van der Waals surface area (Å²) in [4.78, 5) is 24.8. The summed E-state index contributed by atoms with van der Waals surface area (Å²) in [7, 11) is -1.77. The Hall–Kier alpha value is -1.83. The monoisotopic (exact) mass is 330 g/mol. The van der Waals surface area contributed by atoms with Crippen LogP contribution in [0, 0.1) is 17.6 Å². The highest BCUT2D eigenvalue weighted by Gasteiger charge is 2.27. The number of carbonyl (C=O) groups excluding carboxylic acids is 2. The number of nitrogens with zero attached hydrogens (tertiary/aromatic N) is 1. The van der Waals surface area contributed by atoms with Gasteiger partial charge in [-0.1, -0.05) is 0 Å². The van der Waals surface area contributed by atoms with Crippen molar-refractivity contribution >= 4 is 22.6 Å². The lowest BCUT2D eigenvalue weighted by molar-refractivity contribution is -0.132. The number of hydrogen-bond donors (Lipinski definition) is 1. The zero-order valence-electron chi connectivity index (χ0n) is 11.8. The Balaban J connectivity index is 2.00. The molecule has 1 aromatic rings. The summed E-state index contributed by atoms with van der Waals surface area (Å²) in [5, 5.41) is 0. The lowest BCUT2D eigenvalue weighted by atomic mass is 9.97. The van der Waals surface area contributed by atoms with Gasteiger partial charge in [-0.2, -0.15) is 0 Å². The molecule has 0 aliphatic carbocycles. The number of likely N-dealkylation sites (tertiary alicyclic amines) is 1. The van der Waals surface area contributed by atoms with Crippen LogP contribution in [-0.4, -0.2) is 39.8 Å². The first-order chi connectivity index (χ1) is 10.4. The summed E-state index contributed by atoms with van der Waals surface area (Å²) < 4.78 is 38.0. The normalized spacial score (nSPS) is 19.7. The molecule has 1 fully saturated rings. The van der Waals surface area contributed by atoms with E-state index < -0.39 is 40.2 Å². The Morgan fingerprint density at radius 1 is 1.32 bits per heavy atom. The van der Waals surface area contributed by atoms with Crippen LogP contribution >= 0.6 is 0 Å². The molecule has 5 nitrogen and oxygen atoms in total. The first kappa shape index (κ1) is 16.5. The third-order valence-electron chi connectivity index (χ3n) is 3.58. The molecule has 8 heteroatoms. The van der Waals surface area contributed by atoms with Gasteiger partial charge in [-0.05, 0) is 31.0 Å². The van der Waals surface area contributed by atoms with Gasteiger partial charge in [-0.3, -0.25) is 13.8 Å². The summed E-state index contributed by atoms with van der Waals surface area (Å²) in [5.74, 6) is -3.73. The van der Waals surface area contributed by atoms with Crippen molar-refractivity contribution in [2.75, 3.05) is 18.8 Å². The second-order valence-corrected chi connectivity index (χ2v) is 6.60. The minimum Gasteiger partial charge on any atom is -0.369 e. The van der Waals surface area contributed by atoms with E-state index in [0.29, 0.717) is 19.4 Å². The van der Waals surface area contributed by atoms with Crippen LogP contribution in [0.5, 0.6) is 0 Å². The van der Waals surface area contributed by atoms with Crippen molar-refractivity contribution in [1.29, 1.82) is 0 Å². The number of halogens is 2. The third kappa shape index (κ3) is 3.88. The number of benzene rings is 1. The summed E-state index contributed by atoms with van der Waals surface area (Å²) in [6.45, 7) is 0.681. The molecule has 1 aliphatic heterocycles. The molecular formula is C14H16F2N2O3S. The van der Waals surface area contributed by atoms with Crippen molar-refractivity contribution in [1.82, 2.24) is 4.90 Å². The van der Waals surface area contributed by atoms with E-state index in [4.69, 9.17) is 5.73 Å². The number of carbonyl (C=O) groups is 2. The highest BCUT2D eigenvalue weighted by atomic mass is 32.2. The fourth-order valence-corrected chi connectivity index (χ4v) is 3.37. The molecule has 0 radical (unpaired) electrons. The van der Waals surface area contributed by atoms with Gasteiger partial charge in [0, 0.05) is 18.0 Å². The van der Waals surface area contributed by atoms with Crippen molar-refractivity contribution < 1.29 is 22.6 Å². The highest BCUT2D eigenvalue weighted by Crippen LogP contribution is 2.17. The molecule has 1 saturated heterocycles. The minimum absolute atomic E-state index is 0.0516. The average molecular weight is 330 g/mol. The Morgan fingerprint density at radius 3 is 2.68 bits per heavy atom. The maximum atomic E-state index is 13.1. The van der Waals surface area contributed by atoms with Crippen molar-refractivity contribution in [3.8, 4) is 0 Å². The van der Waals surface area contributed by atoms with Crippen molar-refractivity contribution in [3.63, 3.8) is 0 Å². The van der Waals surface area contributed by atoms with Gasteiger partial charge < -0.3 is 10.6 Å². The number of amides is 2. The fraction of sp³-hybridized carbons (Fsp3) is 0.429. The van der Waals surface area contributed by atoms with Crippen LogP contribution in [0.1, 0.15) is 12.8 Å². The summed E-state index contributed by atoms with van der Waals surface area (Å²) >= 11 is 0. The maximum absolute atomic E-state index is 13.1. The van der Waals surface area contributed by atoms with Crippen LogP contribution in [0.3, 0.4) is 0 Å². The molecule has 1 aliphatic rings. The van der Waals surface area contributed by atoms with Gasteiger partial charge in [-0.15, -0.1) is 0 Å². The zero-order chi connectivity index (χ0) is 16.3. The van der Waals surface area contributed by atoms with Crippen LogP contribution in [0.2, 0.25) is 0 Å².